The van der Waals surface area contributed by atoms with Crippen molar-refractivity contribution in [3.8, 4) is 0 Å². The zero-order valence-electron chi connectivity index (χ0n) is 15.7. The van der Waals surface area contributed by atoms with E-state index in [1.54, 1.807) is 18.2 Å². The average molecular weight is 452 g/mol. The monoisotopic (exact) mass is 452 g/mol. The summed E-state index contributed by atoms with van der Waals surface area (Å²) in [5.41, 5.74) is -0.593. The molecular weight excluding hydrogens is 437 g/mol. The molecule has 0 aliphatic rings. The number of sulfone groups is 1. The van der Waals surface area contributed by atoms with Crippen LogP contribution in [0.4, 0.5) is 18.9 Å². The number of furan rings is 1. The number of halogens is 3. The Morgan fingerprint density at radius 1 is 0.903 bits per heavy atom. The summed E-state index contributed by atoms with van der Waals surface area (Å²) in [4.78, 5) is 24.0. The van der Waals surface area contributed by atoms with Gasteiger partial charge in [-0.05, 0) is 36.4 Å². The minimum atomic E-state index is -3.68. The first-order chi connectivity index (χ1) is 14.7. The Balaban J connectivity index is 1.58. The summed E-state index contributed by atoms with van der Waals surface area (Å²) >= 11 is 0. The van der Waals surface area contributed by atoms with Crippen LogP contribution in [0.5, 0.6) is 0 Å². The third-order valence-corrected chi connectivity index (χ3v) is 5.69. The Bertz CT molecular complexity index is 1230. The molecule has 0 fully saturated rings. The summed E-state index contributed by atoms with van der Waals surface area (Å²) in [5.74, 6) is -7.16. The topological polar surface area (TPSA) is 105 Å². The molecule has 3 rings (SSSR count). The second kappa shape index (κ2) is 9.04. The molecule has 0 saturated carbocycles. The molecule has 7 nitrogen and oxygen atoms in total. The van der Waals surface area contributed by atoms with E-state index < -0.39 is 57.1 Å². The van der Waals surface area contributed by atoms with Gasteiger partial charge in [-0.1, -0.05) is 18.2 Å². The lowest BCUT2D eigenvalue weighted by Gasteiger charge is -2.08. The molecule has 2 aromatic carbocycles. The molecular formula is C20H15F3N2O5S. The van der Waals surface area contributed by atoms with Gasteiger partial charge in [0.1, 0.15) is 11.5 Å². The Morgan fingerprint density at radius 2 is 1.61 bits per heavy atom. The highest BCUT2D eigenvalue weighted by atomic mass is 32.2. The average Bonchev–Trinajstić information content (AvgIpc) is 3.21. The van der Waals surface area contributed by atoms with Crippen LogP contribution in [0.2, 0.25) is 0 Å². The van der Waals surface area contributed by atoms with Crippen molar-refractivity contribution in [3.63, 3.8) is 0 Å². The molecule has 0 saturated heterocycles. The highest BCUT2D eigenvalue weighted by Crippen LogP contribution is 2.20. The Kier molecular flexibility index (Phi) is 6.44. The fourth-order valence-electron chi connectivity index (χ4n) is 2.54. The fraction of sp³-hybridized carbons (Fsp3) is 0.100. The molecule has 0 bridgehead atoms. The van der Waals surface area contributed by atoms with E-state index in [4.69, 9.17) is 4.42 Å². The van der Waals surface area contributed by atoms with Crippen LogP contribution in [0.3, 0.4) is 0 Å². The number of amides is 2. The summed E-state index contributed by atoms with van der Waals surface area (Å²) in [6.45, 7) is -0.629. The number of hydrogen-bond acceptors (Lipinski definition) is 5. The van der Waals surface area contributed by atoms with Crippen molar-refractivity contribution in [2.24, 2.45) is 0 Å². The van der Waals surface area contributed by atoms with Crippen LogP contribution in [-0.2, 0) is 20.4 Å². The summed E-state index contributed by atoms with van der Waals surface area (Å²) in [5, 5.41) is 4.18. The molecule has 3 aromatic rings. The number of carbonyl (C=O) groups excluding carboxylic acids is 2. The van der Waals surface area contributed by atoms with Gasteiger partial charge in [-0.2, -0.15) is 0 Å². The zero-order valence-corrected chi connectivity index (χ0v) is 16.5. The molecule has 0 unspecified atom stereocenters. The van der Waals surface area contributed by atoms with Gasteiger partial charge in [0.05, 0.1) is 17.1 Å². The van der Waals surface area contributed by atoms with Crippen molar-refractivity contribution in [1.82, 2.24) is 5.32 Å². The molecule has 11 heteroatoms. The first-order valence-corrected chi connectivity index (χ1v) is 10.4. The highest BCUT2D eigenvalue weighted by molar-refractivity contribution is 7.90. The van der Waals surface area contributed by atoms with Crippen LogP contribution < -0.4 is 10.6 Å². The molecule has 2 amide bonds. The number of carbonyl (C=O) groups is 2. The van der Waals surface area contributed by atoms with E-state index in [9.17, 15) is 31.2 Å². The predicted molar refractivity (Wildman–Crippen MR) is 103 cm³/mol. The van der Waals surface area contributed by atoms with Crippen molar-refractivity contribution in [3.05, 3.63) is 83.6 Å². The Labute approximate surface area is 174 Å². The smallest absolute Gasteiger partial charge is 0.287 e. The SMILES string of the molecule is O=C(CNC(=O)c1ccc(CS(=O)(=O)c2ccccc2)o1)Nc1ccc(F)c(F)c1F. The second-order valence-corrected chi connectivity index (χ2v) is 8.28. The molecule has 0 aliphatic carbocycles. The van der Waals surface area contributed by atoms with Crippen LogP contribution in [0.1, 0.15) is 16.3 Å². The van der Waals surface area contributed by atoms with Gasteiger partial charge < -0.3 is 15.1 Å². The van der Waals surface area contributed by atoms with Crippen LogP contribution in [0.25, 0.3) is 0 Å². The molecule has 0 atom stereocenters. The normalized spacial score (nSPS) is 11.2. The largest absolute Gasteiger partial charge is 0.455 e. The third-order valence-electron chi connectivity index (χ3n) is 4.04. The maximum atomic E-state index is 13.6. The van der Waals surface area contributed by atoms with E-state index >= 15 is 0 Å². The maximum absolute atomic E-state index is 13.6. The quantitative estimate of drug-likeness (QED) is 0.536. The van der Waals surface area contributed by atoms with Gasteiger partial charge in [0.2, 0.25) is 5.91 Å². The van der Waals surface area contributed by atoms with Gasteiger partial charge in [0.15, 0.2) is 33.0 Å². The number of benzene rings is 2. The van der Waals surface area contributed by atoms with Crippen molar-refractivity contribution >= 4 is 27.3 Å². The van der Waals surface area contributed by atoms with Gasteiger partial charge in [-0.3, -0.25) is 9.59 Å². The molecule has 162 valence electrons. The minimum absolute atomic E-state index is 0.0160. The summed E-state index contributed by atoms with van der Waals surface area (Å²) in [7, 11) is -3.68. The lowest BCUT2D eigenvalue weighted by Crippen LogP contribution is -2.32. The summed E-state index contributed by atoms with van der Waals surface area (Å²) in [6, 6.07) is 11.7. The van der Waals surface area contributed by atoms with Crippen LogP contribution in [0, 0.1) is 17.5 Å². The number of rotatable bonds is 7. The number of anilines is 1. The molecule has 1 heterocycles. The molecule has 0 aliphatic heterocycles. The molecule has 0 radical (unpaired) electrons. The highest BCUT2D eigenvalue weighted by Gasteiger charge is 2.20. The number of nitrogens with one attached hydrogen (secondary N) is 2. The van der Waals surface area contributed by atoms with E-state index in [0.29, 0.717) is 6.07 Å². The van der Waals surface area contributed by atoms with E-state index in [2.05, 4.69) is 5.32 Å². The summed E-state index contributed by atoms with van der Waals surface area (Å²) < 4.78 is 69.6. The molecule has 2 N–H and O–H groups in total. The van der Waals surface area contributed by atoms with Gasteiger partial charge in [-0.25, -0.2) is 21.6 Å². The van der Waals surface area contributed by atoms with Gasteiger partial charge in [0.25, 0.3) is 5.91 Å². The number of hydrogen-bond donors (Lipinski definition) is 2. The van der Waals surface area contributed by atoms with Crippen molar-refractivity contribution in [1.29, 1.82) is 0 Å². The third kappa shape index (κ3) is 5.31. The Morgan fingerprint density at radius 3 is 2.32 bits per heavy atom. The van der Waals surface area contributed by atoms with E-state index in [1.807, 2.05) is 5.32 Å². The van der Waals surface area contributed by atoms with E-state index in [0.717, 1.165) is 6.07 Å². The standard InChI is InChI=1S/C20H15F3N2O5S/c21-14-7-8-15(19(23)18(14)22)25-17(26)10-24-20(27)16-9-6-12(30-16)11-31(28,29)13-4-2-1-3-5-13/h1-9H,10-11H2,(H,24,27)(H,25,26). The first-order valence-electron chi connectivity index (χ1n) is 8.75. The maximum Gasteiger partial charge on any atom is 0.287 e. The van der Waals surface area contributed by atoms with E-state index in [1.165, 1.54) is 24.3 Å². The molecule has 31 heavy (non-hydrogen) atoms. The first kappa shape index (κ1) is 22.1. The van der Waals surface area contributed by atoms with Crippen molar-refractivity contribution in [2.75, 3.05) is 11.9 Å². The van der Waals surface area contributed by atoms with E-state index in [-0.39, 0.29) is 16.4 Å². The Hall–Kier alpha value is -3.60. The minimum Gasteiger partial charge on any atom is -0.455 e. The van der Waals surface area contributed by atoms with Crippen LogP contribution in [0.15, 0.2) is 63.9 Å². The van der Waals surface area contributed by atoms with Crippen LogP contribution >= 0.6 is 0 Å². The molecule has 0 spiro atoms. The summed E-state index contributed by atoms with van der Waals surface area (Å²) in [6.07, 6.45) is 0. The van der Waals surface area contributed by atoms with Gasteiger partial charge in [0, 0.05) is 0 Å². The van der Waals surface area contributed by atoms with Crippen molar-refractivity contribution < 1.29 is 35.6 Å². The lowest BCUT2D eigenvalue weighted by molar-refractivity contribution is -0.115. The van der Waals surface area contributed by atoms with Gasteiger partial charge >= 0.3 is 0 Å². The zero-order chi connectivity index (χ0) is 22.6. The lowest BCUT2D eigenvalue weighted by atomic mass is 10.2. The predicted octanol–water partition coefficient (Wildman–Crippen LogP) is 3.04. The second-order valence-electron chi connectivity index (χ2n) is 6.29. The van der Waals surface area contributed by atoms with Crippen LogP contribution in [-0.4, -0.2) is 26.8 Å². The van der Waals surface area contributed by atoms with Gasteiger partial charge in [-0.15, -0.1) is 0 Å². The van der Waals surface area contributed by atoms with Crippen molar-refractivity contribution in [2.45, 2.75) is 10.6 Å². The fourth-order valence-corrected chi connectivity index (χ4v) is 3.81. The molecule has 1 aromatic heterocycles.